The van der Waals surface area contributed by atoms with Gasteiger partial charge < -0.3 is 9.88 Å². The Hall–Kier alpha value is -1.72. The van der Waals surface area contributed by atoms with Crippen molar-refractivity contribution in [3.05, 3.63) is 46.7 Å². The molecule has 3 aromatic heterocycles. The zero-order valence-corrected chi connectivity index (χ0v) is 12.5. The molecule has 0 spiro atoms. The Kier molecular flexibility index (Phi) is 3.80. The fraction of sp³-hybridized carbons (Fsp3) is 0.333. The molecule has 0 bridgehead atoms. The van der Waals surface area contributed by atoms with Crippen LogP contribution in [0.5, 0.6) is 0 Å². The lowest BCUT2D eigenvalue weighted by Gasteiger charge is -2.06. The summed E-state index contributed by atoms with van der Waals surface area (Å²) < 4.78 is 2.21. The van der Waals surface area contributed by atoms with Crippen LogP contribution in [-0.2, 0) is 13.1 Å². The van der Waals surface area contributed by atoms with Gasteiger partial charge in [0.25, 0.3) is 0 Å². The van der Waals surface area contributed by atoms with E-state index in [0.29, 0.717) is 6.04 Å². The van der Waals surface area contributed by atoms with Crippen molar-refractivity contribution in [1.82, 2.24) is 19.9 Å². The minimum Gasteiger partial charge on any atom is -0.327 e. The smallest absolute Gasteiger partial charge is 0.140 e. The van der Waals surface area contributed by atoms with Crippen molar-refractivity contribution in [1.29, 1.82) is 0 Å². The topological polar surface area (TPSA) is 42.7 Å². The summed E-state index contributed by atoms with van der Waals surface area (Å²) in [6.45, 7) is 6.03. The maximum Gasteiger partial charge on any atom is 0.140 e. The molecule has 0 aliphatic rings. The molecule has 0 radical (unpaired) electrons. The van der Waals surface area contributed by atoms with Crippen LogP contribution in [0.4, 0.5) is 0 Å². The Labute approximate surface area is 122 Å². The first-order valence-electron chi connectivity index (χ1n) is 6.77. The van der Waals surface area contributed by atoms with Crippen LogP contribution in [-0.4, -0.2) is 20.6 Å². The normalized spacial score (nSPS) is 11.6. The van der Waals surface area contributed by atoms with E-state index in [4.69, 9.17) is 0 Å². The molecule has 3 aromatic rings. The molecule has 0 unspecified atom stereocenters. The number of pyridine rings is 1. The number of nitrogens with zero attached hydrogens (tertiary/aromatic N) is 3. The Morgan fingerprint density at radius 2 is 2.30 bits per heavy atom. The highest BCUT2D eigenvalue weighted by Gasteiger charge is 2.10. The van der Waals surface area contributed by atoms with Gasteiger partial charge in [0.15, 0.2) is 0 Å². The minimum atomic E-state index is 0.478. The average molecular weight is 286 g/mol. The van der Waals surface area contributed by atoms with Gasteiger partial charge in [-0.2, -0.15) is 0 Å². The van der Waals surface area contributed by atoms with Gasteiger partial charge in [-0.15, -0.1) is 11.3 Å². The van der Waals surface area contributed by atoms with Gasteiger partial charge in [-0.25, -0.2) is 4.98 Å². The summed E-state index contributed by atoms with van der Waals surface area (Å²) in [6.07, 6.45) is 5.98. The highest BCUT2D eigenvalue weighted by Crippen LogP contribution is 2.21. The minimum absolute atomic E-state index is 0.478. The van der Waals surface area contributed by atoms with Crippen LogP contribution in [0.25, 0.3) is 11.0 Å². The molecule has 5 heteroatoms. The fourth-order valence-corrected chi connectivity index (χ4v) is 2.85. The van der Waals surface area contributed by atoms with E-state index in [1.54, 1.807) is 11.3 Å². The van der Waals surface area contributed by atoms with Crippen LogP contribution in [0.1, 0.15) is 24.3 Å². The third-order valence-corrected chi connectivity index (χ3v) is 3.99. The molecule has 3 rings (SSSR count). The first-order chi connectivity index (χ1) is 9.74. The molecule has 0 aliphatic heterocycles. The van der Waals surface area contributed by atoms with Gasteiger partial charge in [0.2, 0.25) is 0 Å². The number of aromatic nitrogens is 3. The predicted molar refractivity (Wildman–Crippen MR) is 82.9 cm³/mol. The molecule has 3 heterocycles. The molecule has 4 nitrogen and oxygen atoms in total. The van der Waals surface area contributed by atoms with Gasteiger partial charge in [0.1, 0.15) is 5.65 Å². The van der Waals surface area contributed by atoms with E-state index in [-0.39, 0.29) is 0 Å². The number of hydrogen-bond acceptors (Lipinski definition) is 4. The summed E-state index contributed by atoms with van der Waals surface area (Å²) in [5.41, 5.74) is 4.21. The van der Waals surface area contributed by atoms with Crippen LogP contribution < -0.4 is 5.32 Å². The van der Waals surface area contributed by atoms with E-state index in [9.17, 15) is 0 Å². The second-order valence-corrected chi connectivity index (χ2v) is 6.13. The Morgan fingerprint density at radius 1 is 1.40 bits per heavy atom. The van der Waals surface area contributed by atoms with Crippen LogP contribution in [0, 0.1) is 0 Å². The van der Waals surface area contributed by atoms with Gasteiger partial charge in [-0.3, -0.25) is 4.98 Å². The van der Waals surface area contributed by atoms with Gasteiger partial charge in [0.05, 0.1) is 12.1 Å². The lowest BCUT2D eigenvalue weighted by molar-refractivity contribution is 0.589. The largest absolute Gasteiger partial charge is 0.327 e. The number of rotatable bonds is 5. The standard InChI is InChI=1S/C15H18N4S/c1-11(2)18-6-12-8-19(9-13-7-16-10-20-13)15-14(12)4-3-5-17-15/h3-5,7-8,10-11,18H,6,9H2,1-2H3. The van der Waals surface area contributed by atoms with Crippen molar-refractivity contribution in [3.8, 4) is 0 Å². The summed E-state index contributed by atoms with van der Waals surface area (Å²) in [6, 6.07) is 4.62. The summed E-state index contributed by atoms with van der Waals surface area (Å²) in [7, 11) is 0. The van der Waals surface area contributed by atoms with Crippen molar-refractivity contribution in [2.24, 2.45) is 0 Å². The Balaban J connectivity index is 1.95. The third kappa shape index (κ3) is 2.73. The average Bonchev–Trinajstić information content (AvgIpc) is 3.06. The fourth-order valence-electron chi connectivity index (χ4n) is 2.26. The molecule has 1 N–H and O–H groups in total. The Morgan fingerprint density at radius 3 is 3.05 bits per heavy atom. The van der Waals surface area contributed by atoms with Crippen LogP contribution in [0.15, 0.2) is 36.2 Å². The molecular weight excluding hydrogens is 268 g/mol. The summed E-state index contributed by atoms with van der Waals surface area (Å²) >= 11 is 1.68. The summed E-state index contributed by atoms with van der Waals surface area (Å²) in [5.74, 6) is 0. The number of hydrogen-bond donors (Lipinski definition) is 1. The highest BCUT2D eigenvalue weighted by molar-refractivity contribution is 7.09. The Bertz CT molecular complexity index is 685. The second-order valence-electron chi connectivity index (χ2n) is 5.16. The van der Waals surface area contributed by atoms with Crippen LogP contribution >= 0.6 is 11.3 Å². The lowest BCUT2D eigenvalue weighted by Crippen LogP contribution is -2.21. The van der Waals surface area contributed by atoms with E-state index in [1.165, 1.54) is 15.8 Å². The van der Waals surface area contributed by atoms with Crippen LogP contribution in [0.2, 0.25) is 0 Å². The zero-order valence-electron chi connectivity index (χ0n) is 11.7. The first kappa shape index (κ1) is 13.3. The first-order valence-corrected chi connectivity index (χ1v) is 7.65. The van der Waals surface area contributed by atoms with E-state index >= 15 is 0 Å². The molecule has 0 amide bonds. The summed E-state index contributed by atoms with van der Waals surface area (Å²) in [5, 5.41) is 4.70. The van der Waals surface area contributed by atoms with Gasteiger partial charge in [-0.05, 0) is 17.7 Å². The SMILES string of the molecule is CC(C)NCc1cn(Cc2cncs2)c2ncccc12. The maximum absolute atomic E-state index is 4.53. The summed E-state index contributed by atoms with van der Waals surface area (Å²) in [4.78, 5) is 9.91. The van der Waals surface area contributed by atoms with Crippen molar-refractivity contribution in [3.63, 3.8) is 0 Å². The van der Waals surface area contributed by atoms with Crippen molar-refractivity contribution in [2.75, 3.05) is 0 Å². The third-order valence-electron chi connectivity index (χ3n) is 3.23. The maximum atomic E-state index is 4.53. The molecule has 0 saturated heterocycles. The van der Waals surface area contributed by atoms with Gasteiger partial charge in [0, 0.05) is 41.4 Å². The molecule has 104 valence electrons. The van der Waals surface area contributed by atoms with E-state index < -0.39 is 0 Å². The second kappa shape index (κ2) is 5.73. The van der Waals surface area contributed by atoms with Crippen molar-refractivity contribution < 1.29 is 0 Å². The number of thiazole rings is 1. The van der Waals surface area contributed by atoms with Gasteiger partial charge in [-0.1, -0.05) is 13.8 Å². The predicted octanol–water partition coefficient (Wildman–Crippen LogP) is 3.04. The molecule has 0 aliphatic carbocycles. The molecule has 0 saturated carbocycles. The van der Waals surface area contributed by atoms with Gasteiger partial charge >= 0.3 is 0 Å². The monoisotopic (exact) mass is 286 g/mol. The van der Waals surface area contributed by atoms with E-state index in [1.807, 2.05) is 24.0 Å². The van der Waals surface area contributed by atoms with E-state index in [2.05, 4.69) is 46.0 Å². The molecular formula is C15H18N4S. The quantitative estimate of drug-likeness (QED) is 0.784. The molecule has 0 fully saturated rings. The highest BCUT2D eigenvalue weighted by atomic mass is 32.1. The molecule has 20 heavy (non-hydrogen) atoms. The van der Waals surface area contributed by atoms with Crippen LogP contribution in [0.3, 0.4) is 0 Å². The number of nitrogens with one attached hydrogen (secondary N) is 1. The lowest BCUT2D eigenvalue weighted by atomic mass is 10.2. The zero-order chi connectivity index (χ0) is 13.9. The molecule has 0 aromatic carbocycles. The van der Waals surface area contributed by atoms with E-state index in [0.717, 1.165) is 18.7 Å². The number of fused-ring (bicyclic) bond motifs is 1. The molecule has 0 atom stereocenters. The van der Waals surface area contributed by atoms with Crippen molar-refractivity contribution >= 4 is 22.4 Å². The van der Waals surface area contributed by atoms with Crippen molar-refractivity contribution in [2.45, 2.75) is 33.0 Å².